The lowest BCUT2D eigenvalue weighted by Gasteiger charge is -2.20. The van der Waals surface area contributed by atoms with E-state index in [-0.39, 0.29) is 12.5 Å². The van der Waals surface area contributed by atoms with Gasteiger partial charge in [-0.1, -0.05) is 48.5 Å². The van der Waals surface area contributed by atoms with Crippen molar-refractivity contribution < 1.29 is 32.1 Å². The number of alkyl carbamates (subject to hydrolysis) is 1. The molecular weight excluding hydrogens is 400 g/mol. The van der Waals surface area contributed by atoms with E-state index in [4.69, 9.17) is 4.74 Å². The van der Waals surface area contributed by atoms with Gasteiger partial charge in [0.15, 0.2) is 0 Å². The number of ether oxygens (including phenoxy) is 1. The highest BCUT2D eigenvalue weighted by molar-refractivity contribution is 6.91. The molecule has 0 heterocycles. The number of fused-ring (bicyclic) bond motifs is 3. The molecule has 1 aliphatic carbocycles. The number of hydrogen-bond donors (Lipinski definition) is 2. The summed E-state index contributed by atoms with van der Waals surface area (Å²) in [5, 5.41) is 4.08. The predicted molar refractivity (Wildman–Crippen MR) is 105 cm³/mol. The van der Waals surface area contributed by atoms with Crippen molar-refractivity contribution in [1.82, 2.24) is 10.6 Å². The second kappa shape index (κ2) is 8.60. The number of carbonyl (C=O) groups is 3. The summed E-state index contributed by atoms with van der Waals surface area (Å²) in [6.07, 6.45) is -0.883. The van der Waals surface area contributed by atoms with Gasteiger partial charge in [-0.05, 0) is 29.2 Å². The average Bonchev–Trinajstić information content (AvgIpc) is 3.03. The Hall–Kier alpha value is -3.30. The Kier molecular flexibility index (Phi) is 6.14. The normalized spacial score (nSPS) is 13.7. The minimum Gasteiger partial charge on any atom is -0.449 e. The smallest absolute Gasteiger partial charge is 0.449 e. The first-order valence-corrected chi connectivity index (χ1v) is 9.30. The monoisotopic (exact) mass is 419 g/mol. The van der Waals surface area contributed by atoms with E-state index in [1.807, 2.05) is 53.8 Å². The molecule has 0 saturated carbocycles. The molecule has 0 unspecified atom stereocenters. The van der Waals surface area contributed by atoms with Gasteiger partial charge in [-0.15, -0.1) is 0 Å². The Labute approximate surface area is 170 Å². The molecule has 1 aliphatic rings. The van der Waals surface area contributed by atoms with Crippen LogP contribution in [0.5, 0.6) is 0 Å². The Balaban J connectivity index is 1.52. The fraction of sp³-hybridized carbons (Fsp3) is 0.250. The molecule has 2 amide bonds. The fourth-order valence-corrected chi connectivity index (χ4v) is 3.45. The zero-order valence-corrected chi connectivity index (χ0v) is 16.0. The van der Waals surface area contributed by atoms with E-state index in [2.05, 4.69) is 5.32 Å². The maximum absolute atomic E-state index is 12.4. The fourth-order valence-electron chi connectivity index (χ4n) is 3.45. The summed E-state index contributed by atoms with van der Waals surface area (Å²) in [6.45, 7) is -5.34. The van der Waals surface area contributed by atoms with Gasteiger partial charge >= 0.3 is 13.1 Å². The first-order valence-electron chi connectivity index (χ1n) is 9.30. The lowest BCUT2D eigenvalue weighted by molar-refractivity contribution is -0.124. The minimum absolute atomic E-state index is 0.0347. The molecule has 0 bridgehead atoms. The topological polar surface area (TPSA) is 84.5 Å². The van der Waals surface area contributed by atoms with Crippen molar-refractivity contribution in [3.63, 3.8) is 0 Å². The summed E-state index contributed by atoms with van der Waals surface area (Å²) < 4.78 is 42.4. The Morgan fingerprint density at radius 3 is 2.07 bits per heavy atom. The van der Waals surface area contributed by atoms with Gasteiger partial charge in [0.05, 0.1) is 11.7 Å². The molecule has 0 spiro atoms. The summed E-state index contributed by atoms with van der Waals surface area (Å²) >= 11 is 0. The van der Waals surface area contributed by atoms with Gasteiger partial charge < -0.3 is 33.1 Å². The summed E-state index contributed by atoms with van der Waals surface area (Å²) in [4.78, 5) is 34.7. The van der Waals surface area contributed by atoms with E-state index in [1.165, 1.54) is 0 Å². The molecule has 0 saturated heterocycles. The molecule has 10 heteroatoms. The first-order chi connectivity index (χ1) is 14.2. The van der Waals surface area contributed by atoms with Crippen LogP contribution in [0.2, 0.25) is 0 Å². The number of hydrogen-bond acceptors (Lipinski definition) is 4. The number of nitrogens with one attached hydrogen (secondary N) is 2. The van der Waals surface area contributed by atoms with Crippen LogP contribution in [0.1, 0.15) is 24.0 Å². The maximum atomic E-state index is 12.4. The number of halogens is 3. The van der Waals surface area contributed by atoms with Crippen LogP contribution in [0.25, 0.3) is 11.1 Å². The lowest BCUT2D eigenvalue weighted by Crippen LogP contribution is -2.49. The van der Waals surface area contributed by atoms with Crippen molar-refractivity contribution in [2.24, 2.45) is 0 Å². The van der Waals surface area contributed by atoms with Crippen LogP contribution in [0.4, 0.5) is 17.7 Å². The third-order valence-corrected chi connectivity index (χ3v) is 4.86. The molecule has 0 aromatic heterocycles. The molecule has 3 rings (SSSR count). The Bertz CT molecular complexity index is 935. The molecular formula is C20H19BF3N2O4-. The molecule has 2 aromatic carbocycles. The van der Waals surface area contributed by atoms with Gasteiger partial charge in [0.2, 0.25) is 5.91 Å². The molecule has 0 aliphatic heterocycles. The highest BCUT2D eigenvalue weighted by Gasteiger charge is 2.37. The summed E-state index contributed by atoms with van der Waals surface area (Å²) in [5.74, 6) is -1.09. The highest BCUT2D eigenvalue weighted by atomic mass is 19.4. The van der Waals surface area contributed by atoms with Gasteiger partial charge in [-0.2, -0.15) is 0 Å². The summed E-state index contributed by atoms with van der Waals surface area (Å²) in [7, 11) is 0. The van der Waals surface area contributed by atoms with E-state index in [1.54, 1.807) is 0 Å². The van der Waals surface area contributed by atoms with Crippen LogP contribution in [-0.4, -0.2) is 43.9 Å². The van der Waals surface area contributed by atoms with Crippen molar-refractivity contribution in [3.8, 4) is 11.1 Å². The lowest BCUT2D eigenvalue weighted by atomic mass is 9.80. The van der Waals surface area contributed by atoms with Gasteiger partial charge in [0, 0.05) is 5.92 Å². The number of benzene rings is 2. The van der Waals surface area contributed by atoms with Crippen molar-refractivity contribution in [1.29, 1.82) is 0 Å². The quantitative estimate of drug-likeness (QED) is 0.676. The number of carbonyl (C=O) groups excluding carboxylic acids is 3. The maximum Gasteiger partial charge on any atom is 0.546 e. The zero-order chi connectivity index (χ0) is 21.9. The molecule has 2 aromatic rings. The number of amides is 2. The minimum atomic E-state index is -5.70. The second-order valence-corrected chi connectivity index (χ2v) is 6.95. The Morgan fingerprint density at radius 2 is 1.53 bits per heavy atom. The van der Waals surface area contributed by atoms with E-state index in [9.17, 15) is 27.3 Å². The average molecular weight is 419 g/mol. The van der Waals surface area contributed by atoms with E-state index in [0.29, 0.717) is 0 Å². The zero-order valence-electron chi connectivity index (χ0n) is 16.0. The second-order valence-electron chi connectivity index (χ2n) is 6.95. The molecule has 0 fully saturated rings. The first kappa shape index (κ1) is 21.4. The van der Waals surface area contributed by atoms with E-state index < -0.39 is 37.2 Å². The van der Waals surface area contributed by atoms with Crippen molar-refractivity contribution in [3.05, 3.63) is 59.7 Å². The molecule has 30 heavy (non-hydrogen) atoms. The van der Waals surface area contributed by atoms with Crippen LogP contribution in [0.15, 0.2) is 48.5 Å². The van der Waals surface area contributed by atoms with Crippen LogP contribution < -0.4 is 10.6 Å². The van der Waals surface area contributed by atoms with Crippen molar-refractivity contribution in [2.45, 2.75) is 18.9 Å². The van der Waals surface area contributed by atoms with Crippen LogP contribution in [-0.2, 0) is 14.3 Å². The number of rotatable bonds is 7. The summed E-state index contributed by atoms with van der Waals surface area (Å²) in [6, 6.07) is 13.8. The standard InChI is InChI=1S/C20H19BF3N2O4/c1-12(19(28)21(22,23)24)26-18(27)10-25-20(29)30-11-17-15-8-4-2-6-13(15)14-7-3-5-9-16(14)17/h2-9,12,17H,10-11H2,1H3,(H,25,29)(H,26,27)/q-1/t12-/m0/s1. The van der Waals surface area contributed by atoms with Gasteiger partial charge in [-0.25, -0.2) is 4.79 Å². The summed E-state index contributed by atoms with van der Waals surface area (Å²) in [5.41, 5.74) is 2.15. The van der Waals surface area contributed by atoms with E-state index in [0.717, 1.165) is 29.2 Å². The Morgan fingerprint density at radius 1 is 1.00 bits per heavy atom. The van der Waals surface area contributed by atoms with E-state index >= 15 is 0 Å². The predicted octanol–water partition coefficient (Wildman–Crippen LogP) is 2.99. The molecule has 158 valence electrons. The van der Waals surface area contributed by atoms with Crippen LogP contribution in [0, 0.1) is 0 Å². The third-order valence-electron chi connectivity index (χ3n) is 4.86. The van der Waals surface area contributed by atoms with Crippen molar-refractivity contribution >= 4 is 24.7 Å². The molecule has 0 radical (unpaired) electrons. The van der Waals surface area contributed by atoms with Gasteiger partial charge in [-0.3, -0.25) is 4.79 Å². The van der Waals surface area contributed by atoms with Gasteiger partial charge in [0.25, 0.3) is 0 Å². The molecule has 1 atom stereocenters. The largest absolute Gasteiger partial charge is 0.546 e. The molecule has 2 N–H and O–H groups in total. The third kappa shape index (κ3) is 4.64. The SMILES string of the molecule is C[C@H](NC(=O)CNC(=O)OCC1c2ccccc2-c2ccccc21)C(=O)[B-](F)(F)F. The molecule has 6 nitrogen and oxygen atoms in total. The van der Waals surface area contributed by atoms with Crippen LogP contribution >= 0.6 is 0 Å². The highest BCUT2D eigenvalue weighted by Crippen LogP contribution is 2.44. The van der Waals surface area contributed by atoms with Crippen molar-refractivity contribution in [2.75, 3.05) is 13.2 Å². The van der Waals surface area contributed by atoms with Crippen LogP contribution in [0.3, 0.4) is 0 Å². The van der Waals surface area contributed by atoms with Gasteiger partial charge in [0.1, 0.15) is 13.2 Å².